The van der Waals surface area contributed by atoms with Gasteiger partial charge in [-0.15, -0.1) is 5.10 Å². The Balaban J connectivity index is 1.40. The van der Waals surface area contributed by atoms with Crippen molar-refractivity contribution in [3.63, 3.8) is 0 Å². The zero-order valence-electron chi connectivity index (χ0n) is 16.6. The third-order valence-corrected chi connectivity index (χ3v) is 4.53. The Bertz CT molecular complexity index is 1330. The predicted octanol–water partition coefficient (Wildman–Crippen LogP) is 2.96. The van der Waals surface area contributed by atoms with Crippen molar-refractivity contribution < 1.29 is 14.3 Å². The SMILES string of the molecule is Cc1cccc(C(=O)Nc2ccc(OC(=O)Cn3nnc4ccccc4c3=O)cc2)c1. The van der Waals surface area contributed by atoms with E-state index in [0.717, 1.165) is 10.2 Å². The van der Waals surface area contributed by atoms with Crippen LogP contribution in [0.2, 0.25) is 0 Å². The lowest BCUT2D eigenvalue weighted by Crippen LogP contribution is -2.29. The van der Waals surface area contributed by atoms with E-state index >= 15 is 0 Å². The van der Waals surface area contributed by atoms with Gasteiger partial charge in [0.2, 0.25) is 0 Å². The maximum absolute atomic E-state index is 12.4. The van der Waals surface area contributed by atoms with Gasteiger partial charge in [0.25, 0.3) is 11.5 Å². The number of hydrogen-bond donors (Lipinski definition) is 1. The molecule has 0 unspecified atom stereocenters. The van der Waals surface area contributed by atoms with Crippen molar-refractivity contribution in [1.82, 2.24) is 15.0 Å². The molecular formula is C23H18N4O4. The lowest BCUT2D eigenvalue weighted by Gasteiger charge is -2.08. The first-order valence-electron chi connectivity index (χ1n) is 9.51. The summed E-state index contributed by atoms with van der Waals surface area (Å²) in [5, 5.41) is 10.9. The van der Waals surface area contributed by atoms with Crippen LogP contribution in [-0.2, 0) is 11.3 Å². The number of anilines is 1. The highest BCUT2D eigenvalue weighted by Crippen LogP contribution is 2.17. The quantitative estimate of drug-likeness (QED) is 0.398. The first kappa shape index (κ1) is 20.0. The minimum absolute atomic E-state index is 0.234. The number of amides is 1. The van der Waals surface area contributed by atoms with E-state index in [0.29, 0.717) is 22.2 Å². The van der Waals surface area contributed by atoms with Crippen LogP contribution in [0.15, 0.2) is 77.6 Å². The first-order valence-corrected chi connectivity index (χ1v) is 9.51. The standard InChI is InChI=1S/C23H18N4O4/c1-15-5-4-6-16(13-15)22(29)24-17-9-11-18(12-10-17)31-21(28)14-27-23(30)19-7-2-3-8-20(19)25-26-27/h2-13H,14H2,1H3,(H,24,29). The van der Waals surface area contributed by atoms with Crippen LogP contribution in [-0.4, -0.2) is 26.9 Å². The topological polar surface area (TPSA) is 103 Å². The second-order valence-corrected chi connectivity index (χ2v) is 6.89. The molecule has 0 saturated heterocycles. The van der Waals surface area contributed by atoms with E-state index in [2.05, 4.69) is 15.6 Å². The minimum Gasteiger partial charge on any atom is -0.425 e. The largest absolute Gasteiger partial charge is 0.425 e. The molecule has 8 nitrogen and oxygen atoms in total. The fourth-order valence-electron chi connectivity index (χ4n) is 3.01. The third-order valence-electron chi connectivity index (χ3n) is 4.53. The van der Waals surface area contributed by atoms with Gasteiger partial charge in [-0.1, -0.05) is 35.0 Å². The number of benzene rings is 3. The average Bonchev–Trinajstić information content (AvgIpc) is 2.77. The molecule has 8 heteroatoms. The lowest BCUT2D eigenvalue weighted by atomic mass is 10.1. The van der Waals surface area contributed by atoms with Crippen molar-refractivity contribution >= 4 is 28.5 Å². The van der Waals surface area contributed by atoms with Crippen LogP contribution in [0.3, 0.4) is 0 Å². The van der Waals surface area contributed by atoms with Crippen molar-refractivity contribution in [3.05, 3.63) is 94.3 Å². The number of esters is 1. The van der Waals surface area contributed by atoms with Crippen molar-refractivity contribution in [2.24, 2.45) is 0 Å². The van der Waals surface area contributed by atoms with Crippen LogP contribution in [0.5, 0.6) is 5.75 Å². The molecule has 0 saturated carbocycles. The van der Waals surface area contributed by atoms with Gasteiger partial charge >= 0.3 is 5.97 Å². The van der Waals surface area contributed by atoms with Crippen molar-refractivity contribution in [3.8, 4) is 5.75 Å². The molecular weight excluding hydrogens is 396 g/mol. The maximum atomic E-state index is 12.4. The van der Waals surface area contributed by atoms with Crippen LogP contribution in [0.4, 0.5) is 5.69 Å². The summed E-state index contributed by atoms with van der Waals surface area (Å²) in [7, 11) is 0. The van der Waals surface area contributed by atoms with E-state index in [9.17, 15) is 14.4 Å². The zero-order chi connectivity index (χ0) is 21.8. The molecule has 0 aliphatic carbocycles. The number of nitrogens with zero attached hydrogens (tertiary/aromatic N) is 3. The Hall–Kier alpha value is -4.33. The van der Waals surface area contributed by atoms with Gasteiger partial charge in [0.15, 0.2) is 0 Å². The van der Waals surface area contributed by atoms with Gasteiger partial charge in [-0.25, -0.2) is 4.79 Å². The monoisotopic (exact) mass is 414 g/mol. The molecule has 0 radical (unpaired) electrons. The Kier molecular flexibility index (Phi) is 5.53. The smallest absolute Gasteiger partial charge is 0.333 e. The third kappa shape index (κ3) is 4.64. The van der Waals surface area contributed by atoms with Crippen molar-refractivity contribution in [2.45, 2.75) is 13.5 Å². The van der Waals surface area contributed by atoms with Gasteiger partial charge in [-0.05, 0) is 55.5 Å². The summed E-state index contributed by atoms with van der Waals surface area (Å²) in [5.41, 5.74) is 2.14. The second-order valence-electron chi connectivity index (χ2n) is 6.89. The molecule has 31 heavy (non-hydrogen) atoms. The number of hydrogen-bond acceptors (Lipinski definition) is 6. The molecule has 1 amide bonds. The first-order chi connectivity index (χ1) is 15.0. The highest BCUT2D eigenvalue weighted by molar-refractivity contribution is 6.04. The fourth-order valence-corrected chi connectivity index (χ4v) is 3.01. The van der Waals surface area contributed by atoms with Gasteiger partial charge in [0.05, 0.1) is 5.39 Å². The summed E-state index contributed by atoms with van der Waals surface area (Å²) >= 11 is 0. The summed E-state index contributed by atoms with van der Waals surface area (Å²) in [6.07, 6.45) is 0. The second kappa shape index (κ2) is 8.58. The summed E-state index contributed by atoms with van der Waals surface area (Å²) < 4.78 is 6.23. The summed E-state index contributed by atoms with van der Waals surface area (Å²) in [6, 6.07) is 20.4. The van der Waals surface area contributed by atoms with E-state index in [-0.39, 0.29) is 18.2 Å². The van der Waals surface area contributed by atoms with Gasteiger partial charge < -0.3 is 10.1 Å². The van der Waals surface area contributed by atoms with Crippen LogP contribution in [0.25, 0.3) is 10.9 Å². The molecule has 0 aliphatic rings. The zero-order valence-corrected chi connectivity index (χ0v) is 16.6. The fraction of sp³-hybridized carbons (Fsp3) is 0.0870. The van der Waals surface area contributed by atoms with E-state index in [1.54, 1.807) is 60.7 Å². The van der Waals surface area contributed by atoms with Crippen LogP contribution in [0.1, 0.15) is 15.9 Å². The van der Waals surface area contributed by atoms with Gasteiger partial charge in [0, 0.05) is 11.3 Å². The molecule has 1 heterocycles. The van der Waals surface area contributed by atoms with Crippen molar-refractivity contribution in [1.29, 1.82) is 0 Å². The molecule has 4 aromatic rings. The number of ether oxygens (including phenoxy) is 1. The molecule has 1 aromatic heterocycles. The van der Waals surface area contributed by atoms with Gasteiger partial charge in [-0.3, -0.25) is 9.59 Å². The molecule has 0 aliphatic heterocycles. The molecule has 3 aromatic carbocycles. The van der Waals surface area contributed by atoms with E-state index in [1.807, 2.05) is 19.1 Å². The highest BCUT2D eigenvalue weighted by atomic mass is 16.5. The number of aromatic nitrogens is 3. The number of carbonyl (C=O) groups is 2. The van der Waals surface area contributed by atoms with E-state index in [1.165, 1.54) is 0 Å². The number of rotatable bonds is 5. The van der Waals surface area contributed by atoms with Gasteiger partial charge in [-0.2, -0.15) is 4.68 Å². The summed E-state index contributed by atoms with van der Waals surface area (Å²) in [6.45, 7) is 1.54. The predicted molar refractivity (Wildman–Crippen MR) is 115 cm³/mol. The van der Waals surface area contributed by atoms with Gasteiger partial charge in [0.1, 0.15) is 17.8 Å². The number of carbonyl (C=O) groups excluding carboxylic acids is 2. The Morgan fingerprint density at radius 2 is 1.77 bits per heavy atom. The minimum atomic E-state index is -0.664. The Morgan fingerprint density at radius 1 is 1.00 bits per heavy atom. The molecule has 0 fully saturated rings. The number of aryl methyl sites for hydroxylation is 1. The van der Waals surface area contributed by atoms with Crippen molar-refractivity contribution in [2.75, 3.05) is 5.32 Å². The Labute approximate surface area is 177 Å². The molecule has 0 atom stereocenters. The molecule has 0 bridgehead atoms. The molecule has 154 valence electrons. The number of fused-ring (bicyclic) bond motifs is 1. The molecule has 1 N–H and O–H groups in total. The van der Waals surface area contributed by atoms with Crippen LogP contribution < -0.4 is 15.6 Å². The molecule has 0 spiro atoms. The summed E-state index contributed by atoms with van der Waals surface area (Å²) in [4.78, 5) is 37.0. The van der Waals surface area contributed by atoms with Crippen LogP contribution in [0, 0.1) is 6.92 Å². The van der Waals surface area contributed by atoms with Crippen LogP contribution >= 0.6 is 0 Å². The van der Waals surface area contributed by atoms with E-state index < -0.39 is 11.5 Å². The van der Waals surface area contributed by atoms with E-state index in [4.69, 9.17) is 4.74 Å². The highest BCUT2D eigenvalue weighted by Gasteiger charge is 2.12. The summed E-state index contributed by atoms with van der Waals surface area (Å²) in [5.74, 6) is -0.619. The normalized spacial score (nSPS) is 10.6. The Morgan fingerprint density at radius 3 is 2.55 bits per heavy atom. The lowest BCUT2D eigenvalue weighted by molar-refractivity contribution is -0.135. The number of nitrogens with one attached hydrogen (secondary N) is 1. The molecule has 4 rings (SSSR count). The average molecular weight is 414 g/mol. The maximum Gasteiger partial charge on any atom is 0.333 e.